The highest BCUT2D eigenvalue weighted by Crippen LogP contribution is 2.22. The Hall–Kier alpha value is -3.42. The maximum absolute atomic E-state index is 12.0. The molecule has 0 aromatic heterocycles. The van der Waals surface area contributed by atoms with Crippen molar-refractivity contribution in [3.63, 3.8) is 0 Å². The molecule has 0 radical (unpaired) electrons. The highest BCUT2D eigenvalue weighted by atomic mass is 16.6. The monoisotopic (exact) mass is 328 g/mol. The summed E-state index contributed by atoms with van der Waals surface area (Å²) in [5.41, 5.74) is 3.51. The molecule has 0 saturated carbocycles. The number of hydrogen-bond acceptors (Lipinski definition) is 6. The number of hydrazone groups is 1. The maximum atomic E-state index is 12.0. The lowest BCUT2D eigenvalue weighted by molar-refractivity contribution is -0.384. The van der Waals surface area contributed by atoms with Crippen molar-refractivity contribution in [2.45, 2.75) is 0 Å². The van der Waals surface area contributed by atoms with E-state index in [1.54, 1.807) is 0 Å². The summed E-state index contributed by atoms with van der Waals surface area (Å²) >= 11 is 0. The van der Waals surface area contributed by atoms with Gasteiger partial charge in [0, 0.05) is 31.9 Å². The second-order valence-electron chi connectivity index (χ2n) is 5.14. The molecule has 124 valence electrons. The van der Waals surface area contributed by atoms with Gasteiger partial charge in [0.15, 0.2) is 0 Å². The van der Waals surface area contributed by atoms with Crippen LogP contribution in [0.15, 0.2) is 47.6 Å². The Bertz CT molecular complexity index is 785. The molecule has 1 amide bonds. The molecule has 0 heterocycles. The van der Waals surface area contributed by atoms with Gasteiger partial charge in [0.25, 0.3) is 11.6 Å². The van der Waals surface area contributed by atoms with Crippen molar-refractivity contribution in [3.05, 3.63) is 63.7 Å². The molecule has 24 heavy (non-hydrogen) atoms. The molecule has 0 unspecified atom stereocenters. The lowest BCUT2D eigenvalue weighted by Gasteiger charge is -2.11. The number of nitrogens with one attached hydrogen (secondary N) is 1. The number of non-ortho nitro benzene ring substituents is 1. The minimum absolute atomic E-state index is 0.218. The van der Waals surface area contributed by atoms with Gasteiger partial charge in [0.1, 0.15) is 5.75 Å². The van der Waals surface area contributed by atoms with Crippen molar-refractivity contribution in [1.29, 1.82) is 0 Å². The van der Waals surface area contributed by atoms with Crippen molar-refractivity contribution >= 4 is 23.5 Å². The lowest BCUT2D eigenvalue weighted by atomic mass is 10.1. The summed E-state index contributed by atoms with van der Waals surface area (Å²) in [6.07, 6.45) is 1.44. The summed E-state index contributed by atoms with van der Waals surface area (Å²) in [5, 5.41) is 24.2. The van der Waals surface area contributed by atoms with Gasteiger partial charge in [-0.2, -0.15) is 5.10 Å². The van der Waals surface area contributed by atoms with Gasteiger partial charge in [-0.15, -0.1) is 0 Å². The number of anilines is 1. The first-order valence-corrected chi connectivity index (χ1v) is 6.96. The molecule has 0 aliphatic heterocycles. The Morgan fingerprint density at radius 1 is 1.25 bits per heavy atom. The lowest BCUT2D eigenvalue weighted by Crippen LogP contribution is -2.18. The third kappa shape index (κ3) is 4.07. The molecule has 0 atom stereocenters. The molecular formula is C16H16N4O4. The van der Waals surface area contributed by atoms with Crippen LogP contribution in [0.3, 0.4) is 0 Å². The Labute approximate surface area is 138 Å². The predicted molar refractivity (Wildman–Crippen MR) is 90.6 cm³/mol. The van der Waals surface area contributed by atoms with E-state index in [1.165, 1.54) is 6.21 Å². The number of amides is 1. The van der Waals surface area contributed by atoms with Crippen molar-refractivity contribution < 1.29 is 14.8 Å². The van der Waals surface area contributed by atoms with Crippen LogP contribution in [0.25, 0.3) is 0 Å². The van der Waals surface area contributed by atoms with Crippen LogP contribution in [0.5, 0.6) is 5.75 Å². The van der Waals surface area contributed by atoms with E-state index < -0.39 is 10.8 Å². The van der Waals surface area contributed by atoms with Crippen LogP contribution in [0.1, 0.15) is 15.9 Å². The fourth-order valence-electron chi connectivity index (χ4n) is 1.90. The minimum Gasteiger partial charge on any atom is -0.507 e. The molecule has 2 aromatic rings. The molecule has 0 aliphatic carbocycles. The number of phenols is 1. The van der Waals surface area contributed by atoms with Crippen LogP contribution in [-0.2, 0) is 0 Å². The summed E-state index contributed by atoms with van der Waals surface area (Å²) in [6, 6.07) is 10.7. The molecule has 0 saturated heterocycles. The number of carbonyl (C=O) groups is 1. The molecule has 8 nitrogen and oxygen atoms in total. The van der Waals surface area contributed by atoms with Crippen molar-refractivity contribution in [3.8, 4) is 5.75 Å². The van der Waals surface area contributed by atoms with E-state index in [9.17, 15) is 20.0 Å². The molecule has 2 rings (SSSR count). The van der Waals surface area contributed by atoms with Crippen LogP contribution in [0, 0.1) is 10.1 Å². The molecular weight excluding hydrogens is 312 g/mol. The van der Waals surface area contributed by atoms with Crippen LogP contribution in [0.4, 0.5) is 11.4 Å². The smallest absolute Gasteiger partial charge is 0.275 e. The zero-order chi connectivity index (χ0) is 17.7. The predicted octanol–water partition coefficient (Wildman–Crippen LogP) is 2.13. The molecule has 0 bridgehead atoms. The number of hydrogen-bond donors (Lipinski definition) is 2. The fraction of sp³-hybridized carbons (Fsp3) is 0.125. The Morgan fingerprint density at radius 2 is 1.92 bits per heavy atom. The number of carbonyl (C=O) groups excluding carboxylic acids is 1. The molecule has 8 heteroatoms. The average Bonchev–Trinajstić information content (AvgIpc) is 2.55. The van der Waals surface area contributed by atoms with E-state index in [4.69, 9.17) is 0 Å². The van der Waals surface area contributed by atoms with E-state index in [2.05, 4.69) is 10.5 Å². The highest BCUT2D eigenvalue weighted by Gasteiger charge is 2.15. The largest absolute Gasteiger partial charge is 0.507 e. The first kappa shape index (κ1) is 16.9. The molecule has 2 aromatic carbocycles. The number of nitro groups is 1. The first-order valence-electron chi connectivity index (χ1n) is 6.96. The van der Waals surface area contributed by atoms with Gasteiger partial charge >= 0.3 is 0 Å². The van der Waals surface area contributed by atoms with Crippen molar-refractivity contribution in [2.24, 2.45) is 5.10 Å². The number of aromatic hydroxyl groups is 1. The summed E-state index contributed by atoms with van der Waals surface area (Å²) < 4.78 is 0. The molecule has 0 aliphatic rings. The second-order valence-corrected chi connectivity index (χ2v) is 5.14. The molecule has 2 N–H and O–H groups in total. The third-order valence-corrected chi connectivity index (χ3v) is 3.22. The highest BCUT2D eigenvalue weighted by molar-refractivity contribution is 5.98. The number of phenolic OH excluding ortho intramolecular Hbond substituents is 1. The number of nitro benzene ring substituents is 1. The van der Waals surface area contributed by atoms with Gasteiger partial charge in [0.2, 0.25) is 0 Å². The summed E-state index contributed by atoms with van der Waals surface area (Å²) in [5.74, 6) is -1.10. The van der Waals surface area contributed by atoms with E-state index in [0.29, 0.717) is 0 Å². The average molecular weight is 328 g/mol. The van der Waals surface area contributed by atoms with Crippen LogP contribution >= 0.6 is 0 Å². The van der Waals surface area contributed by atoms with Crippen LogP contribution in [-0.4, -0.2) is 36.2 Å². The van der Waals surface area contributed by atoms with E-state index in [1.807, 2.05) is 43.3 Å². The molecule has 0 spiro atoms. The summed E-state index contributed by atoms with van der Waals surface area (Å²) in [6.45, 7) is 0. The number of benzene rings is 2. The molecule has 0 fully saturated rings. The normalized spacial score (nSPS) is 10.6. The number of rotatable bonds is 5. The summed E-state index contributed by atoms with van der Waals surface area (Å²) in [7, 11) is 3.85. The van der Waals surface area contributed by atoms with Crippen molar-refractivity contribution in [1.82, 2.24) is 5.43 Å². The Kier molecular flexibility index (Phi) is 5.10. The van der Waals surface area contributed by atoms with E-state index in [-0.39, 0.29) is 17.0 Å². The van der Waals surface area contributed by atoms with Gasteiger partial charge in [-0.25, -0.2) is 5.43 Å². The van der Waals surface area contributed by atoms with Gasteiger partial charge in [-0.3, -0.25) is 14.9 Å². The van der Waals surface area contributed by atoms with Crippen LogP contribution < -0.4 is 10.3 Å². The second kappa shape index (κ2) is 7.23. The zero-order valence-corrected chi connectivity index (χ0v) is 13.1. The standard InChI is InChI=1S/C16H16N4O4/c1-19(2)12-5-3-11(4-6-12)10-17-18-16(22)14-9-13(20(23)24)7-8-15(14)21/h3-10,21H,1-2H3,(H,18,22). The minimum atomic E-state index is -0.739. The van der Waals surface area contributed by atoms with Gasteiger partial charge in [0.05, 0.1) is 16.7 Å². The van der Waals surface area contributed by atoms with Crippen molar-refractivity contribution in [2.75, 3.05) is 19.0 Å². The Balaban J connectivity index is 2.07. The van der Waals surface area contributed by atoms with Gasteiger partial charge in [-0.05, 0) is 23.8 Å². The SMILES string of the molecule is CN(C)c1ccc(C=NNC(=O)c2cc([N+](=O)[O-])ccc2O)cc1. The Morgan fingerprint density at radius 3 is 2.50 bits per heavy atom. The van der Waals surface area contributed by atoms with Crippen LogP contribution in [0.2, 0.25) is 0 Å². The fourth-order valence-corrected chi connectivity index (χ4v) is 1.90. The zero-order valence-electron chi connectivity index (χ0n) is 13.1. The first-order chi connectivity index (χ1) is 11.4. The van der Waals surface area contributed by atoms with E-state index in [0.717, 1.165) is 29.4 Å². The topological polar surface area (TPSA) is 108 Å². The third-order valence-electron chi connectivity index (χ3n) is 3.22. The van der Waals surface area contributed by atoms with Gasteiger partial charge < -0.3 is 10.0 Å². The maximum Gasteiger partial charge on any atom is 0.275 e. The quantitative estimate of drug-likeness (QED) is 0.496. The van der Waals surface area contributed by atoms with Gasteiger partial charge in [-0.1, -0.05) is 12.1 Å². The van der Waals surface area contributed by atoms with E-state index >= 15 is 0 Å². The number of nitrogens with zero attached hydrogens (tertiary/aromatic N) is 3. The summed E-state index contributed by atoms with van der Waals surface area (Å²) in [4.78, 5) is 24.0.